The molecule has 0 heterocycles. The van der Waals surface area contributed by atoms with Crippen molar-refractivity contribution in [3.8, 4) is 0 Å². The lowest BCUT2D eigenvalue weighted by atomic mass is 10.1. The molecule has 0 saturated carbocycles. The molecule has 1 aromatic rings. The smallest absolute Gasteiger partial charge is 0.238 e. The van der Waals surface area contributed by atoms with Gasteiger partial charge in [0.25, 0.3) is 0 Å². The Morgan fingerprint density at radius 1 is 0.920 bits per heavy atom. The molecule has 138 valence electrons. The Bertz CT molecular complexity index is 605. The summed E-state index contributed by atoms with van der Waals surface area (Å²) in [6.07, 6.45) is 4.40. The maximum absolute atomic E-state index is 11.9. The third kappa shape index (κ3) is 8.54. The highest BCUT2D eigenvalue weighted by Gasteiger charge is 2.10. The summed E-state index contributed by atoms with van der Waals surface area (Å²) in [7, 11) is 0. The average Bonchev–Trinajstić information content (AvgIpc) is 2.59. The van der Waals surface area contributed by atoms with Crippen LogP contribution in [0.25, 0.3) is 0 Å². The second-order valence-corrected chi connectivity index (χ2v) is 6.27. The molecule has 0 bridgehead atoms. The van der Waals surface area contributed by atoms with Crippen molar-refractivity contribution < 1.29 is 14.4 Å². The van der Waals surface area contributed by atoms with Gasteiger partial charge < -0.3 is 5.32 Å². The van der Waals surface area contributed by atoms with Crippen LogP contribution in [-0.4, -0.2) is 17.7 Å². The van der Waals surface area contributed by atoms with Crippen LogP contribution in [0.3, 0.4) is 0 Å². The van der Waals surface area contributed by atoms with Crippen LogP contribution in [0, 0.1) is 6.92 Å². The van der Waals surface area contributed by atoms with Crippen molar-refractivity contribution in [2.24, 2.45) is 0 Å². The average molecular weight is 368 g/mol. The van der Waals surface area contributed by atoms with E-state index in [1.807, 2.05) is 0 Å². The van der Waals surface area contributed by atoms with Gasteiger partial charge in [-0.1, -0.05) is 43.9 Å². The number of carbonyl (C=O) groups excluding carboxylic acids is 3. The number of hydrogen-bond acceptors (Lipinski definition) is 3. The van der Waals surface area contributed by atoms with Crippen LogP contribution < -0.4 is 16.2 Å². The first-order valence-electron chi connectivity index (χ1n) is 8.56. The minimum Gasteiger partial charge on any atom is -0.326 e. The van der Waals surface area contributed by atoms with E-state index in [9.17, 15) is 14.4 Å². The lowest BCUT2D eigenvalue weighted by Gasteiger charge is -2.10. The Hall–Kier alpha value is -2.08. The number of hydrogen-bond donors (Lipinski definition) is 3. The molecule has 25 heavy (non-hydrogen) atoms. The summed E-state index contributed by atoms with van der Waals surface area (Å²) >= 11 is 5.99. The summed E-state index contributed by atoms with van der Waals surface area (Å²) in [5.41, 5.74) is 6.08. The van der Waals surface area contributed by atoms with Crippen LogP contribution in [0.15, 0.2) is 18.2 Å². The molecule has 1 rings (SSSR count). The number of rotatable bonds is 9. The third-order valence-corrected chi connectivity index (χ3v) is 4.13. The van der Waals surface area contributed by atoms with E-state index in [1.165, 1.54) is 0 Å². The molecule has 0 aliphatic heterocycles. The molecular formula is C18H26ClN3O3. The predicted octanol–water partition coefficient (Wildman–Crippen LogP) is 3.48. The molecule has 0 fully saturated rings. The first kappa shape index (κ1) is 21.0. The fourth-order valence-electron chi connectivity index (χ4n) is 2.16. The normalized spacial score (nSPS) is 10.2. The SMILES string of the molecule is CCCCCCC(=O)NNC(=O)CCC(=O)Nc1cccc(Cl)c1C. The van der Waals surface area contributed by atoms with E-state index in [0.717, 1.165) is 31.2 Å². The minimum absolute atomic E-state index is 0.0123. The van der Waals surface area contributed by atoms with Gasteiger partial charge >= 0.3 is 0 Å². The molecule has 0 atom stereocenters. The van der Waals surface area contributed by atoms with Crippen LogP contribution in [0.5, 0.6) is 0 Å². The van der Waals surface area contributed by atoms with Gasteiger partial charge in [0.05, 0.1) is 0 Å². The number of unbranched alkanes of at least 4 members (excludes halogenated alkanes) is 3. The molecule has 3 N–H and O–H groups in total. The van der Waals surface area contributed by atoms with Gasteiger partial charge in [-0.2, -0.15) is 0 Å². The topological polar surface area (TPSA) is 87.3 Å². The molecular weight excluding hydrogens is 342 g/mol. The predicted molar refractivity (Wildman–Crippen MR) is 99.1 cm³/mol. The molecule has 0 aromatic heterocycles. The highest BCUT2D eigenvalue weighted by atomic mass is 35.5. The van der Waals surface area contributed by atoms with Gasteiger partial charge in [-0.15, -0.1) is 0 Å². The number of carbonyl (C=O) groups is 3. The number of halogens is 1. The minimum atomic E-state index is -0.403. The Kier molecular flexibility index (Phi) is 9.62. The number of nitrogens with one attached hydrogen (secondary N) is 3. The lowest BCUT2D eigenvalue weighted by Crippen LogP contribution is -2.41. The Morgan fingerprint density at radius 3 is 2.24 bits per heavy atom. The van der Waals surface area contributed by atoms with Crippen LogP contribution in [0.4, 0.5) is 5.69 Å². The molecule has 0 unspecified atom stereocenters. The third-order valence-electron chi connectivity index (χ3n) is 3.72. The molecule has 0 spiro atoms. The molecule has 0 saturated heterocycles. The monoisotopic (exact) mass is 367 g/mol. The zero-order valence-corrected chi connectivity index (χ0v) is 15.5. The first-order valence-corrected chi connectivity index (χ1v) is 8.94. The zero-order valence-electron chi connectivity index (χ0n) is 14.8. The number of hydrazine groups is 1. The quantitative estimate of drug-likeness (QED) is 0.461. The highest BCUT2D eigenvalue weighted by Crippen LogP contribution is 2.23. The maximum atomic E-state index is 11.9. The number of anilines is 1. The van der Waals surface area contributed by atoms with Crippen LogP contribution >= 0.6 is 11.6 Å². The van der Waals surface area contributed by atoms with E-state index in [2.05, 4.69) is 23.1 Å². The molecule has 7 heteroatoms. The van der Waals surface area contributed by atoms with Crippen molar-refractivity contribution in [2.75, 3.05) is 5.32 Å². The summed E-state index contributed by atoms with van der Waals surface area (Å²) < 4.78 is 0. The first-order chi connectivity index (χ1) is 11.9. The van der Waals surface area contributed by atoms with Gasteiger partial charge in [0.2, 0.25) is 17.7 Å². The van der Waals surface area contributed by atoms with Crippen molar-refractivity contribution in [1.29, 1.82) is 0 Å². The van der Waals surface area contributed by atoms with E-state index >= 15 is 0 Å². The van der Waals surface area contributed by atoms with Crippen LogP contribution in [-0.2, 0) is 14.4 Å². The molecule has 3 amide bonds. The Balaban J connectivity index is 2.24. The molecule has 0 radical (unpaired) electrons. The van der Waals surface area contributed by atoms with Gasteiger partial charge in [0, 0.05) is 30.0 Å². The summed E-state index contributed by atoms with van der Waals surface area (Å²) in [6, 6.07) is 5.23. The Labute approximate surface area is 153 Å². The van der Waals surface area contributed by atoms with E-state index < -0.39 is 5.91 Å². The molecule has 0 aliphatic carbocycles. The van der Waals surface area contributed by atoms with Crippen molar-refractivity contribution in [3.05, 3.63) is 28.8 Å². The fraction of sp³-hybridized carbons (Fsp3) is 0.500. The van der Waals surface area contributed by atoms with E-state index in [0.29, 0.717) is 17.1 Å². The van der Waals surface area contributed by atoms with Crippen molar-refractivity contribution in [2.45, 2.75) is 58.8 Å². The summed E-state index contributed by atoms with van der Waals surface area (Å²) in [5.74, 6) is -0.908. The molecule has 6 nitrogen and oxygen atoms in total. The van der Waals surface area contributed by atoms with Crippen molar-refractivity contribution in [3.63, 3.8) is 0 Å². The van der Waals surface area contributed by atoms with Gasteiger partial charge in [0.15, 0.2) is 0 Å². The van der Waals surface area contributed by atoms with Gasteiger partial charge in [-0.25, -0.2) is 0 Å². The highest BCUT2D eigenvalue weighted by molar-refractivity contribution is 6.31. The van der Waals surface area contributed by atoms with Gasteiger partial charge in [-0.3, -0.25) is 25.2 Å². The van der Waals surface area contributed by atoms with Crippen LogP contribution in [0.1, 0.15) is 57.4 Å². The second-order valence-electron chi connectivity index (χ2n) is 5.87. The van der Waals surface area contributed by atoms with E-state index in [1.54, 1.807) is 25.1 Å². The van der Waals surface area contributed by atoms with Crippen LogP contribution in [0.2, 0.25) is 5.02 Å². The summed E-state index contributed by atoms with van der Waals surface area (Å²) in [6.45, 7) is 3.91. The van der Waals surface area contributed by atoms with Gasteiger partial charge in [-0.05, 0) is 31.0 Å². The standard InChI is InChI=1S/C18H26ClN3O3/c1-3-4-5-6-10-17(24)21-22-18(25)12-11-16(23)20-15-9-7-8-14(19)13(15)2/h7-9H,3-6,10-12H2,1-2H3,(H,20,23)(H,21,24)(H,22,25). The zero-order chi connectivity index (χ0) is 18.7. The number of amides is 3. The van der Waals surface area contributed by atoms with Crippen molar-refractivity contribution in [1.82, 2.24) is 10.9 Å². The van der Waals surface area contributed by atoms with E-state index in [-0.39, 0.29) is 24.7 Å². The summed E-state index contributed by atoms with van der Waals surface area (Å²) in [5, 5.41) is 3.29. The fourth-order valence-corrected chi connectivity index (χ4v) is 2.33. The molecule has 1 aromatic carbocycles. The van der Waals surface area contributed by atoms with Crippen molar-refractivity contribution >= 4 is 35.0 Å². The molecule has 0 aliphatic rings. The van der Waals surface area contributed by atoms with E-state index in [4.69, 9.17) is 11.6 Å². The summed E-state index contributed by atoms with van der Waals surface area (Å²) in [4.78, 5) is 35.1. The maximum Gasteiger partial charge on any atom is 0.238 e. The second kappa shape index (κ2) is 11.5. The number of benzene rings is 1. The Morgan fingerprint density at radius 2 is 1.56 bits per heavy atom. The largest absolute Gasteiger partial charge is 0.326 e. The lowest BCUT2D eigenvalue weighted by molar-refractivity contribution is -0.129. The van der Waals surface area contributed by atoms with Gasteiger partial charge in [0.1, 0.15) is 0 Å².